The van der Waals surface area contributed by atoms with Gasteiger partial charge in [0, 0.05) is 19.0 Å². The molecule has 1 saturated heterocycles. The molecule has 0 amide bonds. The van der Waals surface area contributed by atoms with Gasteiger partial charge in [-0.15, -0.1) is 0 Å². The van der Waals surface area contributed by atoms with Crippen LogP contribution in [0.25, 0.3) is 0 Å². The van der Waals surface area contributed by atoms with E-state index in [0.29, 0.717) is 11.9 Å². The van der Waals surface area contributed by atoms with E-state index in [2.05, 4.69) is 35.8 Å². The maximum absolute atomic E-state index is 5.27. The van der Waals surface area contributed by atoms with Crippen molar-refractivity contribution >= 4 is 6.01 Å². The van der Waals surface area contributed by atoms with E-state index >= 15 is 0 Å². The first kappa shape index (κ1) is 14.0. The predicted octanol–water partition coefficient (Wildman–Crippen LogP) is 3.46. The molecule has 1 aromatic rings. The summed E-state index contributed by atoms with van der Waals surface area (Å²) in [6, 6.07) is 0.700. The van der Waals surface area contributed by atoms with Gasteiger partial charge in [-0.05, 0) is 18.8 Å². The molecule has 0 spiro atoms. The molecule has 2 heterocycles. The van der Waals surface area contributed by atoms with Crippen LogP contribution in [0, 0.1) is 5.92 Å². The van der Waals surface area contributed by atoms with Crippen LogP contribution in [0.2, 0.25) is 0 Å². The van der Waals surface area contributed by atoms with Crippen molar-refractivity contribution in [3.63, 3.8) is 0 Å². The fraction of sp³-hybridized carbons (Fsp3) is 0.846. The van der Waals surface area contributed by atoms with Crippen molar-refractivity contribution < 1.29 is 4.52 Å². The minimum absolute atomic E-state index is 0.339. The third kappa shape index (κ3) is 3.72. The Morgan fingerprint density at radius 3 is 2.29 bits per heavy atom. The summed E-state index contributed by atoms with van der Waals surface area (Å²) in [5.41, 5.74) is 0. The topological polar surface area (TPSA) is 42.2 Å². The minimum Gasteiger partial charge on any atom is -0.324 e. The van der Waals surface area contributed by atoms with Crippen molar-refractivity contribution in [2.45, 2.75) is 53.4 Å². The van der Waals surface area contributed by atoms with Crippen LogP contribution in [0.15, 0.2) is 4.52 Å². The second-order valence-corrected chi connectivity index (χ2v) is 4.76. The van der Waals surface area contributed by atoms with Gasteiger partial charge in [0.05, 0.1) is 0 Å². The van der Waals surface area contributed by atoms with Gasteiger partial charge in [-0.1, -0.05) is 39.8 Å². The van der Waals surface area contributed by atoms with E-state index in [9.17, 15) is 0 Å². The Hall–Kier alpha value is -1.06. The van der Waals surface area contributed by atoms with Crippen molar-refractivity contribution in [3.8, 4) is 0 Å². The van der Waals surface area contributed by atoms with Gasteiger partial charge in [0.2, 0.25) is 0 Å². The smallest absolute Gasteiger partial charge is 0.324 e. The molecule has 17 heavy (non-hydrogen) atoms. The van der Waals surface area contributed by atoms with Crippen LogP contribution in [-0.4, -0.2) is 23.2 Å². The highest BCUT2D eigenvalue weighted by atomic mass is 16.5. The number of hydrogen-bond acceptors (Lipinski definition) is 4. The van der Waals surface area contributed by atoms with Gasteiger partial charge in [-0.25, -0.2) is 0 Å². The molecule has 2 rings (SSSR count). The first-order valence-corrected chi connectivity index (χ1v) is 6.75. The van der Waals surface area contributed by atoms with Gasteiger partial charge in [0.15, 0.2) is 5.82 Å². The average Bonchev–Trinajstić information content (AvgIpc) is 2.82. The van der Waals surface area contributed by atoms with Crippen LogP contribution in [0.4, 0.5) is 6.01 Å². The lowest BCUT2D eigenvalue weighted by atomic mass is 10.00. The van der Waals surface area contributed by atoms with Gasteiger partial charge >= 0.3 is 6.01 Å². The van der Waals surface area contributed by atoms with Crippen LogP contribution in [0.3, 0.4) is 0 Å². The molecule has 0 radical (unpaired) electrons. The Morgan fingerprint density at radius 1 is 1.24 bits per heavy atom. The molecule has 0 saturated carbocycles. The summed E-state index contributed by atoms with van der Waals surface area (Å²) in [6.45, 7) is 12.5. The third-order valence-corrected chi connectivity index (χ3v) is 3.00. The van der Waals surface area contributed by atoms with Crippen molar-refractivity contribution in [3.05, 3.63) is 5.82 Å². The molecule has 0 aliphatic carbocycles. The van der Waals surface area contributed by atoms with Gasteiger partial charge in [-0.3, -0.25) is 0 Å². The SMILES string of the molecule is CC.CC1CCN(c2nc(C(C)C)no2)CC1. The maximum Gasteiger partial charge on any atom is 0.324 e. The molecule has 0 unspecified atom stereocenters. The summed E-state index contributed by atoms with van der Waals surface area (Å²) in [4.78, 5) is 6.60. The van der Waals surface area contributed by atoms with E-state index < -0.39 is 0 Å². The van der Waals surface area contributed by atoms with Crippen molar-refractivity contribution in [1.29, 1.82) is 0 Å². The van der Waals surface area contributed by atoms with Crippen LogP contribution in [0.5, 0.6) is 0 Å². The standard InChI is InChI=1S/C11H19N3O.C2H6/c1-8(2)10-12-11(15-13-10)14-6-4-9(3)5-7-14;1-2/h8-9H,4-7H2,1-3H3;1-2H3. The summed E-state index contributed by atoms with van der Waals surface area (Å²) in [6.07, 6.45) is 2.44. The Morgan fingerprint density at radius 2 is 1.82 bits per heavy atom. The fourth-order valence-corrected chi connectivity index (χ4v) is 1.79. The molecule has 0 atom stereocenters. The lowest BCUT2D eigenvalue weighted by Gasteiger charge is -2.28. The van der Waals surface area contributed by atoms with Crippen molar-refractivity contribution in [2.75, 3.05) is 18.0 Å². The molecule has 0 aromatic carbocycles. The van der Waals surface area contributed by atoms with E-state index in [1.165, 1.54) is 12.8 Å². The van der Waals surface area contributed by atoms with E-state index in [-0.39, 0.29) is 0 Å². The van der Waals surface area contributed by atoms with Gasteiger partial charge in [-0.2, -0.15) is 4.98 Å². The molecule has 4 heteroatoms. The molecule has 98 valence electrons. The highest BCUT2D eigenvalue weighted by Crippen LogP contribution is 2.22. The Kier molecular flexibility index (Phi) is 5.45. The largest absolute Gasteiger partial charge is 0.324 e. The molecule has 1 aliphatic rings. The first-order valence-electron chi connectivity index (χ1n) is 6.75. The third-order valence-electron chi connectivity index (χ3n) is 3.00. The highest BCUT2D eigenvalue weighted by Gasteiger charge is 2.21. The average molecular weight is 239 g/mol. The summed E-state index contributed by atoms with van der Waals surface area (Å²) >= 11 is 0. The van der Waals surface area contributed by atoms with Crippen LogP contribution >= 0.6 is 0 Å². The van der Waals surface area contributed by atoms with E-state index in [0.717, 1.165) is 24.8 Å². The van der Waals surface area contributed by atoms with Crippen LogP contribution < -0.4 is 4.90 Å². The summed E-state index contributed by atoms with van der Waals surface area (Å²) < 4.78 is 5.27. The second-order valence-electron chi connectivity index (χ2n) is 4.76. The number of aromatic nitrogens is 2. The molecule has 1 aliphatic heterocycles. The molecule has 0 N–H and O–H groups in total. The fourth-order valence-electron chi connectivity index (χ4n) is 1.79. The van der Waals surface area contributed by atoms with E-state index in [1.54, 1.807) is 0 Å². The molecular weight excluding hydrogens is 214 g/mol. The lowest BCUT2D eigenvalue weighted by Crippen LogP contribution is -2.32. The minimum atomic E-state index is 0.339. The molecule has 0 bridgehead atoms. The summed E-state index contributed by atoms with van der Waals surface area (Å²) in [7, 11) is 0. The monoisotopic (exact) mass is 239 g/mol. The van der Waals surface area contributed by atoms with Gasteiger partial charge in [0.25, 0.3) is 0 Å². The highest BCUT2D eigenvalue weighted by molar-refractivity contribution is 5.25. The molecular formula is C13H25N3O. The quantitative estimate of drug-likeness (QED) is 0.792. The normalized spacial score (nSPS) is 16.9. The summed E-state index contributed by atoms with van der Waals surface area (Å²) in [5, 5.41) is 3.98. The number of nitrogens with zero attached hydrogens (tertiary/aromatic N) is 3. The number of rotatable bonds is 2. The predicted molar refractivity (Wildman–Crippen MR) is 70.3 cm³/mol. The van der Waals surface area contributed by atoms with Crippen molar-refractivity contribution in [1.82, 2.24) is 10.1 Å². The number of piperidine rings is 1. The molecule has 4 nitrogen and oxygen atoms in total. The van der Waals surface area contributed by atoms with E-state index in [1.807, 2.05) is 13.8 Å². The maximum atomic E-state index is 5.27. The number of anilines is 1. The van der Waals surface area contributed by atoms with Gasteiger partial charge < -0.3 is 9.42 Å². The molecule has 1 aromatic heterocycles. The molecule has 1 fully saturated rings. The van der Waals surface area contributed by atoms with Crippen LogP contribution in [-0.2, 0) is 0 Å². The van der Waals surface area contributed by atoms with Gasteiger partial charge in [0.1, 0.15) is 0 Å². The van der Waals surface area contributed by atoms with Crippen LogP contribution in [0.1, 0.15) is 59.2 Å². The van der Waals surface area contributed by atoms with E-state index in [4.69, 9.17) is 4.52 Å². The van der Waals surface area contributed by atoms with Crippen molar-refractivity contribution in [2.24, 2.45) is 5.92 Å². The summed E-state index contributed by atoms with van der Waals surface area (Å²) in [5.74, 6) is 1.98. The second kappa shape index (κ2) is 6.62. The zero-order valence-corrected chi connectivity index (χ0v) is 11.7. The Labute approximate surface area is 104 Å². The Balaban J connectivity index is 0.000000686. The zero-order valence-electron chi connectivity index (χ0n) is 11.7. The zero-order chi connectivity index (χ0) is 12.8. The lowest BCUT2D eigenvalue weighted by molar-refractivity contribution is 0.372. The Bertz CT molecular complexity index is 314. The first-order chi connectivity index (χ1) is 8.16. The number of hydrogen-bond donors (Lipinski definition) is 0.